The molecule has 0 aliphatic rings. The number of phosphoric ester groups is 1. The van der Waals surface area contributed by atoms with Crippen molar-refractivity contribution in [3.8, 4) is 0 Å². The molecule has 0 saturated carbocycles. The van der Waals surface area contributed by atoms with E-state index in [0.717, 1.165) is 103 Å². The minimum atomic E-state index is -4.71. The molecule has 0 radical (unpaired) electrons. The molecule has 0 aliphatic heterocycles. The second kappa shape index (κ2) is 49.0. The summed E-state index contributed by atoms with van der Waals surface area (Å²) in [4.78, 5) is 39.8. The van der Waals surface area contributed by atoms with Crippen LogP contribution >= 0.6 is 7.82 Å². The number of rotatable bonds is 47. The summed E-state index contributed by atoms with van der Waals surface area (Å²) < 4.78 is 30.1. The highest BCUT2D eigenvalue weighted by atomic mass is 31.2. The number of carbonyl (C=O) groups excluding carboxylic acids is 2. The van der Waals surface area contributed by atoms with Crippen LogP contribution in [0.2, 0.25) is 0 Å². The smallest absolute Gasteiger partial charge is 0.306 e. The summed E-state index contributed by atoms with van der Waals surface area (Å²) in [6.07, 6.45) is 67.3. The highest BCUT2D eigenvalue weighted by molar-refractivity contribution is 7.45. The van der Waals surface area contributed by atoms with Gasteiger partial charge in [0.15, 0.2) is 0 Å². The lowest BCUT2D eigenvalue weighted by Crippen LogP contribution is -2.47. The number of unbranched alkanes of at least 4 members (excludes halogenated alkanes) is 18. The quantitative estimate of drug-likeness (QED) is 0.0161. The highest BCUT2D eigenvalue weighted by Gasteiger charge is 2.27. The topological polar surface area (TPSA) is 114 Å². The first kappa shape index (κ1) is 66.4. The van der Waals surface area contributed by atoms with Gasteiger partial charge in [0.1, 0.15) is 19.3 Å². The van der Waals surface area contributed by atoms with E-state index < -0.39 is 32.5 Å². The van der Waals surface area contributed by atoms with Crippen LogP contribution in [-0.4, -0.2) is 69.4 Å². The fourth-order valence-electron chi connectivity index (χ4n) is 7.09. The fourth-order valence-corrected chi connectivity index (χ4v) is 7.82. The van der Waals surface area contributed by atoms with E-state index in [-0.39, 0.29) is 25.4 Å². The maximum Gasteiger partial charge on any atom is 0.306 e. The van der Waals surface area contributed by atoms with Crippen molar-refractivity contribution < 1.29 is 37.3 Å². The lowest BCUT2D eigenvalue weighted by Gasteiger charge is -2.30. The molecular weight excluding hydrogens is 892 g/mol. The summed E-state index contributed by atoms with van der Waals surface area (Å²) in [6, 6.07) is -0.921. The normalized spacial score (nSPS) is 14.8. The van der Waals surface area contributed by atoms with Crippen LogP contribution in [0, 0.1) is 0 Å². The monoisotopic (exact) mass is 993 g/mol. The molecule has 0 aromatic carbocycles. The molecule has 0 saturated heterocycles. The number of esters is 1. The predicted molar refractivity (Wildman–Crippen MR) is 297 cm³/mol. The molecule has 10 heteroatoms. The Labute approximate surface area is 429 Å². The third-order valence-electron chi connectivity index (χ3n) is 11.3. The molecule has 70 heavy (non-hydrogen) atoms. The zero-order chi connectivity index (χ0) is 51.5. The number of nitrogens with zero attached hydrogens (tertiary/aromatic N) is 1. The number of amides is 1. The van der Waals surface area contributed by atoms with Crippen molar-refractivity contribution in [2.75, 3.05) is 40.9 Å². The number of phosphoric acid groups is 1. The average Bonchev–Trinajstić information content (AvgIpc) is 3.32. The van der Waals surface area contributed by atoms with Gasteiger partial charge in [0.25, 0.3) is 7.82 Å². The van der Waals surface area contributed by atoms with E-state index in [2.05, 4.69) is 74.7 Å². The molecule has 0 aliphatic carbocycles. The van der Waals surface area contributed by atoms with Gasteiger partial charge in [0.2, 0.25) is 5.91 Å². The second-order valence-corrected chi connectivity index (χ2v) is 20.5. The molecule has 0 rings (SSSR count). The molecule has 398 valence electrons. The van der Waals surface area contributed by atoms with Gasteiger partial charge in [-0.25, -0.2) is 0 Å². The number of quaternary nitrogens is 1. The molecule has 0 aromatic heterocycles. The van der Waals surface area contributed by atoms with Gasteiger partial charge in [-0.1, -0.05) is 220 Å². The van der Waals surface area contributed by atoms with Crippen molar-refractivity contribution >= 4 is 19.7 Å². The minimum absolute atomic E-state index is 0.0400. The van der Waals surface area contributed by atoms with Crippen molar-refractivity contribution in [1.82, 2.24) is 5.32 Å². The maximum atomic E-state index is 13.5. The molecular formula is C60H101N2O7P. The number of hydrogen-bond acceptors (Lipinski definition) is 7. The molecule has 3 atom stereocenters. The minimum Gasteiger partial charge on any atom is -0.756 e. The molecule has 0 spiro atoms. The SMILES string of the molecule is CC\C=C/C=C/C=C/C=C\C=C\C=C\CCCCCC(=O)OC(/C=C/CCCCCCCCCCC)C(COP(=O)([O-])OCC[N+](C)(C)C)NC(=O)CCCCCCCC/C=C/C/C=C/C/C=C/CC. The van der Waals surface area contributed by atoms with Gasteiger partial charge in [-0.15, -0.1) is 0 Å². The average molecular weight is 993 g/mol. The van der Waals surface area contributed by atoms with Crippen LogP contribution in [0.15, 0.2) is 122 Å². The van der Waals surface area contributed by atoms with E-state index >= 15 is 0 Å². The number of allylic oxidation sites excluding steroid dienone is 19. The van der Waals surface area contributed by atoms with Gasteiger partial charge >= 0.3 is 5.97 Å². The van der Waals surface area contributed by atoms with Crippen LogP contribution in [0.25, 0.3) is 0 Å². The van der Waals surface area contributed by atoms with E-state index in [0.29, 0.717) is 23.9 Å². The van der Waals surface area contributed by atoms with Gasteiger partial charge in [-0.05, 0) is 83.1 Å². The molecule has 0 bridgehead atoms. The summed E-state index contributed by atoms with van der Waals surface area (Å²) >= 11 is 0. The lowest BCUT2D eigenvalue weighted by atomic mass is 10.1. The Kier molecular flexibility index (Phi) is 46.5. The Morgan fingerprint density at radius 2 is 0.986 bits per heavy atom. The Hall–Kier alpha value is -3.59. The molecule has 0 heterocycles. The van der Waals surface area contributed by atoms with E-state index in [1.165, 1.54) is 44.9 Å². The van der Waals surface area contributed by atoms with Crippen LogP contribution in [-0.2, 0) is 27.9 Å². The lowest BCUT2D eigenvalue weighted by molar-refractivity contribution is -0.870. The largest absolute Gasteiger partial charge is 0.756 e. The van der Waals surface area contributed by atoms with Crippen molar-refractivity contribution in [2.45, 2.75) is 206 Å². The number of nitrogens with one attached hydrogen (secondary N) is 1. The zero-order valence-corrected chi connectivity index (χ0v) is 46.1. The maximum absolute atomic E-state index is 13.5. The third-order valence-corrected chi connectivity index (χ3v) is 12.3. The number of carbonyl (C=O) groups is 2. The Bertz CT molecular complexity index is 1610. The van der Waals surface area contributed by atoms with Crippen molar-refractivity contribution in [3.05, 3.63) is 122 Å². The van der Waals surface area contributed by atoms with Crippen molar-refractivity contribution in [1.29, 1.82) is 0 Å². The Morgan fingerprint density at radius 1 is 0.529 bits per heavy atom. The molecule has 0 fully saturated rings. The van der Waals surface area contributed by atoms with Crippen molar-refractivity contribution in [2.24, 2.45) is 0 Å². The van der Waals surface area contributed by atoms with E-state index in [1.807, 2.05) is 88.0 Å². The van der Waals surface area contributed by atoms with Crippen LogP contribution < -0.4 is 10.2 Å². The molecule has 1 N–H and O–H groups in total. The first-order valence-corrected chi connectivity index (χ1v) is 28.9. The third kappa shape index (κ3) is 49.4. The second-order valence-electron chi connectivity index (χ2n) is 19.1. The zero-order valence-electron chi connectivity index (χ0n) is 45.2. The number of ether oxygens (including phenoxy) is 1. The first-order chi connectivity index (χ1) is 33.9. The summed E-state index contributed by atoms with van der Waals surface area (Å²) in [5.41, 5.74) is 0. The standard InChI is InChI=1S/C60H101N2O7P/c1-7-10-13-16-19-22-25-27-29-31-33-35-38-41-44-47-50-53-60(64)69-58(51-48-45-42-39-36-24-21-18-15-12-9-3)57(56-68-70(65,66)67-55-54-62(4,5)6)61-59(63)52-49-46-43-40-37-34-32-30-28-26-23-20-17-14-11-8-2/h10-11,13-14,16,19-20,22-23,25,27-31,33,35,38,48,51,57-58H,7-9,12,15,17-18,21,24,26,32,34,36-37,39-47,49-50,52-56H2,1-6H3,(H-,61,63,65,66)/b13-10-,14-11+,19-16+,23-20+,25-22+,29-27-,30-28+,33-31+,38-35+,51-48+. The first-order valence-electron chi connectivity index (χ1n) is 27.4. The van der Waals surface area contributed by atoms with Gasteiger partial charge < -0.3 is 28.5 Å². The van der Waals surface area contributed by atoms with Crippen LogP contribution in [0.1, 0.15) is 194 Å². The molecule has 1 amide bonds. The van der Waals surface area contributed by atoms with E-state index in [9.17, 15) is 19.0 Å². The predicted octanol–water partition coefficient (Wildman–Crippen LogP) is 15.7. The summed E-state index contributed by atoms with van der Waals surface area (Å²) in [7, 11) is 1.12. The molecule has 3 unspecified atom stereocenters. The van der Waals surface area contributed by atoms with Gasteiger partial charge in [0.05, 0.1) is 33.8 Å². The Balaban J connectivity index is 5.49. The van der Waals surface area contributed by atoms with Gasteiger partial charge in [-0.3, -0.25) is 14.2 Å². The summed E-state index contributed by atoms with van der Waals surface area (Å²) in [6.45, 7) is 6.50. The van der Waals surface area contributed by atoms with Crippen molar-refractivity contribution in [3.63, 3.8) is 0 Å². The number of hydrogen-bond donors (Lipinski definition) is 1. The van der Waals surface area contributed by atoms with Crippen LogP contribution in [0.3, 0.4) is 0 Å². The fraction of sp³-hybridized carbons (Fsp3) is 0.633. The van der Waals surface area contributed by atoms with Gasteiger partial charge in [-0.2, -0.15) is 0 Å². The summed E-state index contributed by atoms with van der Waals surface area (Å²) in [5.74, 6) is -0.620. The Morgan fingerprint density at radius 3 is 1.56 bits per heavy atom. The summed E-state index contributed by atoms with van der Waals surface area (Å²) in [5, 5.41) is 2.99. The number of likely N-dealkylation sites (N-methyl/N-ethyl adjacent to an activating group) is 1. The molecule has 0 aromatic rings. The van der Waals surface area contributed by atoms with Crippen LogP contribution in [0.5, 0.6) is 0 Å². The van der Waals surface area contributed by atoms with E-state index in [4.69, 9.17) is 13.8 Å². The molecule has 9 nitrogen and oxygen atoms in total. The van der Waals surface area contributed by atoms with E-state index in [1.54, 1.807) is 6.08 Å². The highest BCUT2D eigenvalue weighted by Crippen LogP contribution is 2.38. The van der Waals surface area contributed by atoms with Gasteiger partial charge in [0, 0.05) is 12.8 Å². The van der Waals surface area contributed by atoms with Crippen LogP contribution in [0.4, 0.5) is 0 Å².